The van der Waals surface area contributed by atoms with Gasteiger partial charge in [-0.1, -0.05) is 18.2 Å². The van der Waals surface area contributed by atoms with Crippen LogP contribution in [0.1, 0.15) is 29.9 Å². The van der Waals surface area contributed by atoms with Gasteiger partial charge in [0.25, 0.3) is 0 Å². The fourth-order valence-electron chi connectivity index (χ4n) is 3.84. The van der Waals surface area contributed by atoms with Gasteiger partial charge in [0.1, 0.15) is 6.20 Å². The van der Waals surface area contributed by atoms with Crippen LogP contribution in [0.25, 0.3) is 10.9 Å². The lowest BCUT2D eigenvalue weighted by atomic mass is 10.2. The summed E-state index contributed by atoms with van der Waals surface area (Å²) in [6.07, 6.45) is 7.38. The summed E-state index contributed by atoms with van der Waals surface area (Å²) in [6.45, 7) is 5.37. The van der Waals surface area contributed by atoms with E-state index in [0.717, 1.165) is 58.9 Å². The summed E-state index contributed by atoms with van der Waals surface area (Å²) < 4.78 is 1.86. The van der Waals surface area contributed by atoms with Crippen LogP contribution in [0.5, 0.6) is 0 Å². The Hall–Kier alpha value is -3.11. The van der Waals surface area contributed by atoms with E-state index in [0.29, 0.717) is 12.4 Å². The summed E-state index contributed by atoms with van der Waals surface area (Å²) in [7, 11) is 0. The Morgan fingerprint density at radius 3 is 2.75 bits per heavy atom. The minimum atomic E-state index is -0.442. The van der Waals surface area contributed by atoms with Crippen molar-refractivity contribution >= 4 is 45.9 Å². The molecule has 0 bridgehead atoms. The predicted octanol–water partition coefficient (Wildman–Crippen LogP) is 6.27. The van der Waals surface area contributed by atoms with Gasteiger partial charge in [-0.15, -0.1) is 11.8 Å². The lowest BCUT2D eigenvalue weighted by Crippen LogP contribution is -2.05. The van der Waals surface area contributed by atoms with Crippen molar-refractivity contribution in [2.24, 2.45) is 0 Å². The lowest BCUT2D eigenvalue weighted by Gasteiger charge is -2.12. The van der Waals surface area contributed by atoms with E-state index < -0.39 is 4.92 Å². The molecule has 188 valence electrons. The number of thioether (sulfide) groups is 2. The molecule has 0 aliphatic rings. The Morgan fingerprint density at radius 2 is 1.92 bits per heavy atom. The molecule has 0 aliphatic heterocycles. The average Bonchev–Trinajstić information content (AvgIpc) is 3.26. The zero-order chi connectivity index (χ0) is 25.3. The first-order chi connectivity index (χ1) is 17.5. The highest BCUT2D eigenvalue weighted by Crippen LogP contribution is 2.26. The molecule has 0 saturated heterocycles. The van der Waals surface area contributed by atoms with Crippen LogP contribution >= 0.6 is 23.5 Å². The number of aryl methyl sites for hydroxylation is 2. The predicted molar refractivity (Wildman–Crippen MR) is 149 cm³/mol. The van der Waals surface area contributed by atoms with Crippen LogP contribution < -0.4 is 5.32 Å². The summed E-state index contributed by atoms with van der Waals surface area (Å²) in [4.78, 5) is 24.8. The van der Waals surface area contributed by atoms with Gasteiger partial charge in [0.2, 0.25) is 5.82 Å². The quantitative estimate of drug-likeness (QED) is 0.0949. The Morgan fingerprint density at radius 1 is 1.08 bits per heavy atom. The SMILES string of the molecule is Cc1c(SCCCSCCCn2cc([N+](=O)[O-])nc2C)ccnc1CNc1cnc2ccccc2c1. The Labute approximate surface area is 219 Å². The minimum absolute atomic E-state index is 0.0757. The number of fused-ring (bicyclic) bond motifs is 1. The van der Waals surface area contributed by atoms with Crippen molar-refractivity contribution in [2.75, 3.05) is 22.6 Å². The zero-order valence-corrected chi connectivity index (χ0v) is 22.1. The van der Waals surface area contributed by atoms with Gasteiger partial charge in [-0.25, -0.2) is 0 Å². The number of benzene rings is 1. The molecule has 0 saturated carbocycles. The number of anilines is 1. The maximum Gasteiger partial charge on any atom is 0.381 e. The second kappa shape index (κ2) is 12.7. The van der Waals surface area contributed by atoms with E-state index in [-0.39, 0.29) is 5.82 Å². The van der Waals surface area contributed by atoms with Gasteiger partial charge >= 0.3 is 5.82 Å². The Balaban J connectivity index is 1.16. The molecule has 36 heavy (non-hydrogen) atoms. The van der Waals surface area contributed by atoms with Crippen LogP contribution in [0, 0.1) is 24.0 Å². The van der Waals surface area contributed by atoms with Gasteiger partial charge in [0.05, 0.1) is 29.6 Å². The highest BCUT2D eigenvalue weighted by Gasteiger charge is 2.14. The monoisotopic (exact) mass is 522 g/mol. The molecule has 10 heteroatoms. The van der Waals surface area contributed by atoms with E-state index in [9.17, 15) is 10.1 Å². The fraction of sp³-hybridized carbons (Fsp3) is 0.346. The first-order valence-electron chi connectivity index (χ1n) is 11.9. The number of para-hydroxylation sites is 1. The first-order valence-corrected chi connectivity index (χ1v) is 14.1. The molecule has 4 aromatic rings. The van der Waals surface area contributed by atoms with Crippen LogP contribution in [-0.4, -0.2) is 41.7 Å². The zero-order valence-electron chi connectivity index (χ0n) is 20.5. The molecular weight excluding hydrogens is 492 g/mol. The minimum Gasteiger partial charge on any atom is -0.378 e. The lowest BCUT2D eigenvalue weighted by molar-refractivity contribution is -0.389. The molecule has 4 rings (SSSR count). The largest absolute Gasteiger partial charge is 0.381 e. The van der Waals surface area contributed by atoms with E-state index in [1.165, 1.54) is 16.7 Å². The molecule has 0 aliphatic carbocycles. The second-order valence-corrected chi connectivity index (χ2v) is 10.8. The van der Waals surface area contributed by atoms with Crippen LogP contribution in [0.3, 0.4) is 0 Å². The van der Waals surface area contributed by atoms with Crippen molar-refractivity contribution in [3.05, 3.63) is 82.2 Å². The van der Waals surface area contributed by atoms with E-state index in [1.807, 2.05) is 58.7 Å². The van der Waals surface area contributed by atoms with Gasteiger partial charge < -0.3 is 20.0 Å². The van der Waals surface area contributed by atoms with Gasteiger partial charge in [-0.05, 0) is 70.7 Å². The summed E-state index contributed by atoms with van der Waals surface area (Å²) >= 11 is 3.81. The Bertz CT molecular complexity index is 1330. The molecule has 8 nitrogen and oxygen atoms in total. The molecule has 1 N–H and O–H groups in total. The number of rotatable bonds is 13. The third kappa shape index (κ3) is 6.98. The molecule has 3 aromatic heterocycles. The molecule has 1 aromatic carbocycles. The highest BCUT2D eigenvalue weighted by atomic mass is 32.2. The summed E-state index contributed by atoms with van der Waals surface area (Å²) in [5.41, 5.74) is 4.26. The number of aromatic nitrogens is 4. The van der Waals surface area contributed by atoms with Crippen LogP contribution in [-0.2, 0) is 13.1 Å². The van der Waals surface area contributed by atoms with Crippen molar-refractivity contribution in [2.45, 2.75) is 44.7 Å². The molecule has 0 unspecified atom stereocenters. The maximum absolute atomic E-state index is 10.8. The average molecular weight is 523 g/mol. The van der Waals surface area contributed by atoms with Gasteiger partial charge in [-0.2, -0.15) is 11.8 Å². The van der Waals surface area contributed by atoms with E-state index in [4.69, 9.17) is 0 Å². The van der Waals surface area contributed by atoms with Crippen molar-refractivity contribution in [3.8, 4) is 0 Å². The standard InChI is InChI=1S/C26H30N6O2S2/c1-19-24(17-28-22-15-21-7-3-4-8-23(21)29-16-22)27-10-9-25(19)36-14-6-13-35-12-5-11-31-18-26(32(33)34)30-20(31)2/h3-4,7-10,15-16,18,28H,5-6,11-14,17H2,1-2H3. The smallest absolute Gasteiger partial charge is 0.378 e. The van der Waals surface area contributed by atoms with Gasteiger partial charge in [0, 0.05) is 29.9 Å². The van der Waals surface area contributed by atoms with Crippen molar-refractivity contribution < 1.29 is 4.92 Å². The number of pyridine rings is 2. The fourth-order valence-corrected chi connectivity index (χ4v) is 5.90. The molecule has 3 heterocycles. The van der Waals surface area contributed by atoms with Crippen LogP contribution in [0.2, 0.25) is 0 Å². The molecular formula is C26H30N6O2S2. The molecule has 0 amide bonds. The first kappa shape index (κ1) is 26.0. The number of nitrogens with one attached hydrogen (secondary N) is 1. The number of imidazole rings is 1. The van der Waals surface area contributed by atoms with Gasteiger partial charge in [0.15, 0.2) is 0 Å². The van der Waals surface area contributed by atoms with Gasteiger partial charge in [-0.3, -0.25) is 9.97 Å². The number of nitro groups is 1. The molecule has 0 fully saturated rings. The van der Waals surface area contributed by atoms with E-state index in [1.54, 1.807) is 6.92 Å². The maximum atomic E-state index is 10.8. The van der Waals surface area contributed by atoms with Crippen LogP contribution in [0.15, 0.2) is 59.9 Å². The topological polar surface area (TPSA) is 98.8 Å². The number of nitrogens with zero attached hydrogens (tertiary/aromatic N) is 5. The normalized spacial score (nSPS) is 11.2. The van der Waals surface area contributed by atoms with Crippen molar-refractivity contribution in [1.29, 1.82) is 0 Å². The van der Waals surface area contributed by atoms with E-state index >= 15 is 0 Å². The number of hydrogen-bond donors (Lipinski definition) is 1. The number of hydrogen-bond acceptors (Lipinski definition) is 8. The molecule has 0 radical (unpaired) electrons. The van der Waals surface area contributed by atoms with Crippen molar-refractivity contribution in [3.63, 3.8) is 0 Å². The van der Waals surface area contributed by atoms with Crippen LogP contribution in [0.4, 0.5) is 11.5 Å². The summed E-state index contributed by atoms with van der Waals surface area (Å²) in [5, 5.41) is 15.4. The molecule has 0 spiro atoms. The third-order valence-corrected chi connectivity index (χ3v) is 8.24. The van der Waals surface area contributed by atoms with Crippen molar-refractivity contribution in [1.82, 2.24) is 19.5 Å². The Kier molecular flexibility index (Phi) is 9.18. The second-order valence-electron chi connectivity index (χ2n) is 8.42. The summed E-state index contributed by atoms with van der Waals surface area (Å²) in [5.74, 6) is 3.81. The summed E-state index contributed by atoms with van der Waals surface area (Å²) in [6, 6.07) is 12.3. The molecule has 0 atom stereocenters. The third-order valence-electron chi connectivity index (χ3n) is 5.84. The highest BCUT2D eigenvalue weighted by molar-refractivity contribution is 8.00. The van der Waals surface area contributed by atoms with E-state index in [2.05, 4.69) is 45.4 Å².